The van der Waals surface area contributed by atoms with Gasteiger partial charge in [-0.2, -0.15) is 4.99 Å². The molecule has 11 heteroatoms. The third-order valence-corrected chi connectivity index (χ3v) is 8.09. The zero-order valence-corrected chi connectivity index (χ0v) is 22.6. The molecule has 0 bridgehead atoms. The third kappa shape index (κ3) is 6.17. The lowest BCUT2D eigenvalue weighted by molar-refractivity contribution is -0.143. The van der Waals surface area contributed by atoms with Crippen LogP contribution in [0.3, 0.4) is 0 Å². The van der Waals surface area contributed by atoms with E-state index in [0.717, 1.165) is 40.0 Å². The normalized spacial score (nSPS) is 12.2. The molecule has 4 aromatic rings. The molecule has 0 saturated heterocycles. The molecule has 0 radical (unpaired) electrons. The first-order valence-electron chi connectivity index (χ1n) is 11.8. The summed E-state index contributed by atoms with van der Waals surface area (Å²) in [5.41, 5.74) is 2.15. The topological polar surface area (TPSA) is 107 Å². The van der Waals surface area contributed by atoms with Crippen LogP contribution in [0.2, 0.25) is 0 Å². The standard InChI is InChI=1S/C27H26FN3O5S2/c1-4-36-25(32)16-31-23-13-8-18(17(2)3)15-24(23)37-27(31)29-26(33)19-6-5-7-21(14-19)30-38(34,35)22-11-9-20(28)10-12-22/h5-15,17,30H,4,16H2,1-3H3. The van der Waals surface area contributed by atoms with Crippen molar-refractivity contribution < 1.29 is 27.1 Å². The minimum atomic E-state index is -4.00. The smallest absolute Gasteiger partial charge is 0.326 e. The van der Waals surface area contributed by atoms with Gasteiger partial charge < -0.3 is 9.30 Å². The monoisotopic (exact) mass is 555 g/mol. The van der Waals surface area contributed by atoms with Crippen LogP contribution in [0.15, 0.2) is 76.6 Å². The summed E-state index contributed by atoms with van der Waals surface area (Å²) in [6.45, 7) is 5.99. The van der Waals surface area contributed by atoms with Crippen molar-refractivity contribution in [3.05, 3.63) is 88.5 Å². The first-order valence-corrected chi connectivity index (χ1v) is 14.1. The van der Waals surface area contributed by atoms with E-state index in [-0.39, 0.29) is 29.3 Å². The number of esters is 1. The van der Waals surface area contributed by atoms with Gasteiger partial charge in [-0.15, -0.1) is 0 Å². The molecular weight excluding hydrogens is 529 g/mol. The predicted octanol–water partition coefficient (Wildman–Crippen LogP) is 5.07. The van der Waals surface area contributed by atoms with E-state index in [1.807, 2.05) is 18.2 Å². The molecule has 0 aliphatic heterocycles. The molecule has 1 aromatic heterocycles. The Morgan fingerprint density at radius 1 is 1.08 bits per heavy atom. The van der Waals surface area contributed by atoms with Crippen molar-refractivity contribution in [2.24, 2.45) is 4.99 Å². The fraction of sp³-hybridized carbons (Fsp3) is 0.222. The second-order valence-corrected chi connectivity index (χ2v) is 11.4. The molecule has 1 N–H and O–H groups in total. The summed E-state index contributed by atoms with van der Waals surface area (Å²) in [7, 11) is -4.00. The molecule has 8 nitrogen and oxygen atoms in total. The van der Waals surface area contributed by atoms with Crippen LogP contribution in [0.25, 0.3) is 10.2 Å². The van der Waals surface area contributed by atoms with E-state index >= 15 is 0 Å². The number of sulfonamides is 1. The number of hydrogen-bond acceptors (Lipinski definition) is 6. The summed E-state index contributed by atoms with van der Waals surface area (Å²) in [5, 5.41) is 0. The van der Waals surface area contributed by atoms with E-state index in [1.54, 1.807) is 11.5 Å². The number of thiazole rings is 1. The molecule has 1 heterocycles. The van der Waals surface area contributed by atoms with Crippen molar-refractivity contribution in [2.75, 3.05) is 11.3 Å². The Labute approximate surface area is 223 Å². The fourth-order valence-electron chi connectivity index (χ4n) is 3.72. The molecule has 38 heavy (non-hydrogen) atoms. The number of rotatable bonds is 8. The van der Waals surface area contributed by atoms with Gasteiger partial charge in [-0.3, -0.25) is 14.3 Å². The minimum absolute atomic E-state index is 0.113. The number of amides is 1. The zero-order valence-electron chi connectivity index (χ0n) is 21.0. The highest BCUT2D eigenvalue weighted by molar-refractivity contribution is 7.92. The van der Waals surface area contributed by atoms with E-state index < -0.39 is 27.7 Å². The number of carbonyl (C=O) groups is 2. The van der Waals surface area contributed by atoms with Crippen LogP contribution in [0.1, 0.15) is 42.6 Å². The van der Waals surface area contributed by atoms with Crippen molar-refractivity contribution in [2.45, 2.75) is 38.1 Å². The number of hydrogen-bond donors (Lipinski definition) is 1. The lowest BCUT2D eigenvalue weighted by Crippen LogP contribution is -2.23. The van der Waals surface area contributed by atoms with E-state index in [1.165, 1.54) is 35.6 Å². The number of carbonyl (C=O) groups excluding carboxylic acids is 2. The molecule has 0 aliphatic rings. The summed E-state index contributed by atoms with van der Waals surface area (Å²) >= 11 is 1.28. The summed E-state index contributed by atoms with van der Waals surface area (Å²) in [6.07, 6.45) is 0. The summed E-state index contributed by atoms with van der Waals surface area (Å²) in [5.74, 6) is -1.32. The number of anilines is 1. The maximum atomic E-state index is 13.2. The highest BCUT2D eigenvalue weighted by atomic mass is 32.2. The van der Waals surface area contributed by atoms with Crippen LogP contribution in [0.4, 0.5) is 10.1 Å². The van der Waals surface area contributed by atoms with E-state index in [2.05, 4.69) is 23.6 Å². The maximum Gasteiger partial charge on any atom is 0.326 e. The fourth-order valence-corrected chi connectivity index (χ4v) is 5.84. The largest absolute Gasteiger partial charge is 0.465 e. The molecule has 1 amide bonds. The number of nitrogens with zero attached hydrogens (tertiary/aromatic N) is 2. The molecule has 3 aromatic carbocycles. The Bertz CT molecular complexity index is 1670. The van der Waals surface area contributed by atoms with Gasteiger partial charge in [0.25, 0.3) is 15.9 Å². The van der Waals surface area contributed by atoms with Gasteiger partial charge in [0.1, 0.15) is 12.4 Å². The molecule has 198 valence electrons. The van der Waals surface area contributed by atoms with Crippen molar-refractivity contribution in [1.29, 1.82) is 0 Å². The van der Waals surface area contributed by atoms with Gasteiger partial charge >= 0.3 is 5.97 Å². The number of aromatic nitrogens is 1. The Balaban J connectivity index is 1.70. The van der Waals surface area contributed by atoms with Crippen LogP contribution < -0.4 is 9.52 Å². The average Bonchev–Trinajstić information content (AvgIpc) is 3.20. The number of halogens is 1. The van der Waals surface area contributed by atoms with Gasteiger partial charge in [0.2, 0.25) is 0 Å². The van der Waals surface area contributed by atoms with E-state index in [9.17, 15) is 22.4 Å². The van der Waals surface area contributed by atoms with Crippen LogP contribution in [0.5, 0.6) is 0 Å². The van der Waals surface area contributed by atoms with Gasteiger partial charge in [-0.1, -0.05) is 37.3 Å². The first kappa shape index (κ1) is 27.2. The minimum Gasteiger partial charge on any atom is -0.465 e. The van der Waals surface area contributed by atoms with Crippen LogP contribution in [-0.4, -0.2) is 31.5 Å². The third-order valence-electron chi connectivity index (χ3n) is 5.65. The molecule has 0 spiro atoms. The molecule has 4 rings (SSSR count). The SMILES string of the molecule is CCOC(=O)Cn1c(=NC(=O)c2cccc(NS(=O)(=O)c3ccc(F)cc3)c2)sc2cc(C(C)C)ccc21. The van der Waals surface area contributed by atoms with Gasteiger partial charge in [-0.05, 0) is 73.0 Å². The summed E-state index contributed by atoms with van der Waals surface area (Å²) in [4.78, 5) is 29.9. The number of benzene rings is 3. The summed E-state index contributed by atoms with van der Waals surface area (Å²) in [6, 6.07) is 16.2. The van der Waals surface area contributed by atoms with Crippen molar-refractivity contribution >= 4 is 49.1 Å². The lowest BCUT2D eigenvalue weighted by Gasteiger charge is -2.09. The number of nitrogens with one attached hydrogen (secondary N) is 1. The van der Waals surface area contributed by atoms with Crippen LogP contribution >= 0.6 is 11.3 Å². The molecule has 0 unspecified atom stereocenters. The molecule has 0 aliphatic carbocycles. The molecule has 0 atom stereocenters. The second-order valence-electron chi connectivity index (χ2n) is 8.71. The highest BCUT2D eigenvalue weighted by Crippen LogP contribution is 2.24. The highest BCUT2D eigenvalue weighted by Gasteiger charge is 2.17. The van der Waals surface area contributed by atoms with Gasteiger partial charge in [0.05, 0.1) is 21.7 Å². The van der Waals surface area contributed by atoms with Crippen LogP contribution in [0, 0.1) is 5.82 Å². The Morgan fingerprint density at radius 3 is 2.50 bits per heavy atom. The van der Waals surface area contributed by atoms with Gasteiger partial charge in [-0.25, -0.2) is 12.8 Å². The summed E-state index contributed by atoms with van der Waals surface area (Å²) < 4.78 is 48.5. The van der Waals surface area contributed by atoms with E-state index in [4.69, 9.17) is 4.74 Å². The number of ether oxygens (including phenoxy) is 1. The van der Waals surface area contributed by atoms with E-state index in [0.29, 0.717) is 10.7 Å². The van der Waals surface area contributed by atoms with Gasteiger partial charge in [0.15, 0.2) is 4.80 Å². The second kappa shape index (κ2) is 11.3. The Kier molecular flexibility index (Phi) is 8.08. The Hall–Kier alpha value is -3.83. The predicted molar refractivity (Wildman–Crippen MR) is 144 cm³/mol. The quantitative estimate of drug-likeness (QED) is 0.306. The number of fused-ring (bicyclic) bond motifs is 1. The zero-order chi connectivity index (χ0) is 27.4. The molecule has 0 fully saturated rings. The van der Waals surface area contributed by atoms with Crippen molar-refractivity contribution in [3.63, 3.8) is 0 Å². The van der Waals surface area contributed by atoms with Gasteiger partial charge in [0, 0.05) is 11.3 Å². The molecular formula is C27H26FN3O5S2. The first-order chi connectivity index (χ1) is 18.1. The maximum absolute atomic E-state index is 13.2. The van der Waals surface area contributed by atoms with Crippen LogP contribution in [-0.2, 0) is 26.1 Å². The molecule has 0 saturated carbocycles. The van der Waals surface area contributed by atoms with Crippen molar-refractivity contribution in [3.8, 4) is 0 Å². The Morgan fingerprint density at radius 2 is 1.82 bits per heavy atom. The average molecular weight is 556 g/mol. The lowest BCUT2D eigenvalue weighted by atomic mass is 10.0. The van der Waals surface area contributed by atoms with Crippen molar-refractivity contribution in [1.82, 2.24) is 4.57 Å².